The Balaban J connectivity index is 1.60. The van der Waals surface area contributed by atoms with E-state index in [9.17, 15) is 5.11 Å². The number of hydrogen-bond acceptors (Lipinski definition) is 4. The van der Waals surface area contributed by atoms with Gasteiger partial charge in [0, 0.05) is 23.6 Å². The standard InChI is InChI=1S/C15H23BrN2O2/c1-18-8-2-3-13(18)9-17-10-14(19)11-20-15-6-4-12(16)5-7-15/h4-7,13-14,17,19H,2-3,8-11H2,1H3. The maximum atomic E-state index is 9.89. The van der Waals surface area contributed by atoms with Crippen molar-refractivity contribution in [1.82, 2.24) is 10.2 Å². The molecule has 0 amide bonds. The van der Waals surface area contributed by atoms with Gasteiger partial charge in [-0.1, -0.05) is 15.9 Å². The summed E-state index contributed by atoms with van der Waals surface area (Å²) >= 11 is 3.38. The fourth-order valence-corrected chi connectivity index (χ4v) is 2.70. The molecule has 1 aliphatic rings. The molecule has 2 unspecified atom stereocenters. The molecule has 0 aromatic heterocycles. The molecular formula is C15H23BrN2O2. The fraction of sp³-hybridized carbons (Fsp3) is 0.600. The molecule has 1 aromatic rings. The zero-order valence-corrected chi connectivity index (χ0v) is 13.5. The van der Waals surface area contributed by atoms with Crippen LogP contribution in [0.15, 0.2) is 28.7 Å². The minimum atomic E-state index is -0.481. The van der Waals surface area contributed by atoms with Gasteiger partial charge in [0.15, 0.2) is 0 Å². The number of aliphatic hydroxyl groups is 1. The Morgan fingerprint density at radius 2 is 2.20 bits per heavy atom. The highest BCUT2D eigenvalue weighted by molar-refractivity contribution is 9.10. The zero-order valence-electron chi connectivity index (χ0n) is 11.9. The molecule has 1 saturated heterocycles. The summed E-state index contributed by atoms with van der Waals surface area (Å²) in [5, 5.41) is 13.2. The summed E-state index contributed by atoms with van der Waals surface area (Å²) in [6.45, 7) is 3.00. The molecule has 5 heteroatoms. The molecule has 112 valence electrons. The van der Waals surface area contributed by atoms with Gasteiger partial charge in [-0.15, -0.1) is 0 Å². The van der Waals surface area contributed by atoms with Gasteiger partial charge in [-0.2, -0.15) is 0 Å². The minimum absolute atomic E-state index is 0.315. The fourth-order valence-electron chi connectivity index (χ4n) is 2.44. The molecule has 2 atom stereocenters. The highest BCUT2D eigenvalue weighted by Gasteiger charge is 2.20. The Bertz CT molecular complexity index is 399. The highest BCUT2D eigenvalue weighted by atomic mass is 79.9. The van der Waals surface area contributed by atoms with Crippen molar-refractivity contribution in [3.05, 3.63) is 28.7 Å². The lowest BCUT2D eigenvalue weighted by Gasteiger charge is -2.21. The second-order valence-corrected chi connectivity index (χ2v) is 6.27. The number of nitrogens with zero attached hydrogens (tertiary/aromatic N) is 1. The quantitative estimate of drug-likeness (QED) is 0.794. The van der Waals surface area contributed by atoms with E-state index in [1.165, 1.54) is 19.4 Å². The smallest absolute Gasteiger partial charge is 0.119 e. The first-order valence-electron chi connectivity index (χ1n) is 7.12. The van der Waals surface area contributed by atoms with E-state index >= 15 is 0 Å². The zero-order chi connectivity index (χ0) is 14.4. The van der Waals surface area contributed by atoms with Gasteiger partial charge in [0.1, 0.15) is 18.5 Å². The SMILES string of the molecule is CN1CCCC1CNCC(O)COc1ccc(Br)cc1. The van der Waals surface area contributed by atoms with Gasteiger partial charge < -0.3 is 20.1 Å². The number of ether oxygens (including phenoxy) is 1. The Hall–Kier alpha value is -0.620. The van der Waals surface area contributed by atoms with Crippen molar-refractivity contribution in [2.75, 3.05) is 33.3 Å². The third-order valence-electron chi connectivity index (χ3n) is 3.69. The molecule has 1 aromatic carbocycles. The second-order valence-electron chi connectivity index (χ2n) is 5.35. The van der Waals surface area contributed by atoms with Gasteiger partial charge in [-0.3, -0.25) is 0 Å². The van der Waals surface area contributed by atoms with E-state index in [0.29, 0.717) is 19.2 Å². The first kappa shape index (κ1) is 15.8. The van der Waals surface area contributed by atoms with Crippen LogP contribution in [0.3, 0.4) is 0 Å². The highest BCUT2D eigenvalue weighted by Crippen LogP contribution is 2.16. The van der Waals surface area contributed by atoms with Crippen LogP contribution in [0.4, 0.5) is 0 Å². The number of halogens is 1. The minimum Gasteiger partial charge on any atom is -0.491 e. The number of rotatable bonds is 7. The summed E-state index contributed by atoms with van der Waals surface area (Å²) in [5.74, 6) is 0.780. The van der Waals surface area contributed by atoms with Crippen molar-refractivity contribution in [2.45, 2.75) is 25.0 Å². The van der Waals surface area contributed by atoms with Crippen LogP contribution >= 0.6 is 15.9 Å². The van der Waals surface area contributed by atoms with Crippen LogP contribution in [-0.4, -0.2) is 55.4 Å². The van der Waals surface area contributed by atoms with Gasteiger partial charge in [-0.25, -0.2) is 0 Å². The third kappa shape index (κ3) is 5.05. The Morgan fingerprint density at radius 1 is 1.45 bits per heavy atom. The first-order valence-corrected chi connectivity index (χ1v) is 7.92. The third-order valence-corrected chi connectivity index (χ3v) is 4.22. The van der Waals surface area contributed by atoms with Crippen molar-refractivity contribution in [3.8, 4) is 5.75 Å². The van der Waals surface area contributed by atoms with Crippen LogP contribution in [0, 0.1) is 0 Å². The summed E-state index contributed by atoms with van der Waals surface area (Å²) in [7, 11) is 2.16. The molecule has 4 nitrogen and oxygen atoms in total. The lowest BCUT2D eigenvalue weighted by molar-refractivity contribution is 0.105. The molecule has 0 bridgehead atoms. The molecule has 0 spiro atoms. The second kappa shape index (κ2) is 7.98. The number of likely N-dealkylation sites (N-methyl/N-ethyl adjacent to an activating group) is 1. The van der Waals surface area contributed by atoms with Crippen LogP contribution in [0.1, 0.15) is 12.8 Å². The van der Waals surface area contributed by atoms with Gasteiger partial charge >= 0.3 is 0 Å². The van der Waals surface area contributed by atoms with E-state index in [2.05, 4.69) is 33.2 Å². The van der Waals surface area contributed by atoms with Crippen LogP contribution in [0.5, 0.6) is 5.75 Å². The molecule has 0 aliphatic carbocycles. The van der Waals surface area contributed by atoms with Crippen molar-refractivity contribution >= 4 is 15.9 Å². The summed E-state index contributed by atoms with van der Waals surface area (Å²) in [6.07, 6.45) is 2.04. The van der Waals surface area contributed by atoms with E-state index in [4.69, 9.17) is 4.74 Å². The molecule has 20 heavy (non-hydrogen) atoms. The van der Waals surface area contributed by atoms with Crippen LogP contribution in [0.25, 0.3) is 0 Å². The van der Waals surface area contributed by atoms with Gasteiger partial charge in [0.25, 0.3) is 0 Å². The largest absolute Gasteiger partial charge is 0.491 e. The molecule has 1 fully saturated rings. The van der Waals surface area contributed by atoms with E-state index < -0.39 is 6.10 Å². The molecule has 1 heterocycles. The molecular weight excluding hydrogens is 320 g/mol. The summed E-state index contributed by atoms with van der Waals surface area (Å²) in [4.78, 5) is 2.37. The van der Waals surface area contributed by atoms with Crippen molar-refractivity contribution in [3.63, 3.8) is 0 Å². The van der Waals surface area contributed by atoms with Crippen LogP contribution in [-0.2, 0) is 0 Å². The molecule has 2 N–H and O–H groups in total. The first-order chi connectivity index (χ1) is 9.65. The summed E-state index contributed by atoms with van der Waals surface area (Å²) < 4.78 is 6.57. The van der Waals surface area contributed by atoms with Crippen molar-refractivity contribution in [1.29, 1.82) is 0 Å². The Labute approximate surface area is 129 Å². The van der Waals surface area contributed by atoms with Gasteiger partial charge in [-0.05, 0) is 50.7 Å². The molecule has 1 aliphatic heterocycles. The van der Waals surface area contributed by atoms with E-state index in [0.717, 1.165) is 16.8 Å². The number of benzene rings is 1. The van der Waals surface area contributed by atoms with E-state index in [1.54, 1.807) is 0 Å². The summed E-state index contributed by atoms with van der Waals surface area (Å²) in [6, 6.07) is 8.23. The van der Waals surface area contributed by atoms with Gasteiger partial charge in [0.05, 0.1) is 0 Å². The average molecular weight is 343 g/mol. The average Bonchev–Trinajstić information content (AvgIpc) is 2.84. The predicted molar refractivity (Wildman–Crippen MR) is 84.2 cm³/mol. The Kier molecular flexibility index (Phi) is 6.29. The maximum Gasteiger partial charge on any atom is 0.119 e. The monoisotopic (exact) mass is 342 g/mol. The van der Waals surface area contributed by atoms with Crippen LogP contribution in [0.2, 0.25) is 0 Å². The van der Waals surface area contributed by atoms with Crippen LogP contribution < -0.4 is 10.1 Å². The lowest BCUT2D eigenvalue weighted by Crippen LogP contribution is -2.39. The Morgan fingerprint density at radius 3 is 2.85 bits per heavy atom. The predicted octanol–water partition coefficient (Wildman–Crippen LogP) is 1.87. The van der Waals surface area contributed by atoms with E-state index in [1.807, 2.05) is 24.3 Å². The molecule has 2 rings (SSSR count). The van der Waals surface area contributed by atoms with Crippen molar-refractivity contribution < 1.29 is 9.84 Å². The van der Waals surface area contributed by atoms with Crippen molar-refractivity contribution in [2.24, 2.45) is 0 Å². The number of hydrogen-bond donors (Lipinski definition) is 2. The van der Waals surface area contributed by atoms with E-state index in [-0.39, 0.29) is 0 Å². The normalized spacial score (nSPS) is 21.1. The lowest BCUT2D eigenvalue weighted by atomic mass is 10.2. The number of nitrogens with one attached hydrogen (secondary N) is 1. The molecule has 0 radical (unpaired) electrons. The number of likely N-dealkylation sites (tertiary alicyclic amines) is 1. The summed E-state index contributed by atoms with van der Waals surface area (Å²) in [5.41, 5.74) is 0. The topological polar surface area (TPSA) is 44.7 Å². The number of aliphatic hydroxyl groups excluding tert-OH is 1. The van der Waals surface area contributed by atoms with Gasteiger partial charge in [0.2, 0.25) is 0 Å². The maximum absolute atomic E-state index is 9.89. The molecule has 0 saturated carbocycles.